The second-order valence-electron chi connectivity index (χ2n) is 7.35. The summed E-state index contributed by atoms with van der Waals surface area (Å²) in [4.78, 5) is 16.7. The van der Waals surface area contributed by atoms with Crippen LogP contribution in [0, 0.1) is 6.92 Å². The fourth-order valence-electron chi connectivity index (χ4n) is 3.36. The average Bonchev–Trinajstić information content (AvgIpc) is 3.35. The van der Waals surface area contributed by atoms with Crippen molar-refractivity contribution in [2.45, 2.75) is 19.5 Å². The van der Waals surface area contributed by atoms with E-state index in [0.29, 0.717) is 34.2 Å². The van der Waals surface area contributed by atoms with Gasteiger partial charge in [-0.1, -0.05) is 23.7 Å². The number of amides is 1. The van der Waals surface area contributed by atoms with Crippen molar-refractivity contribution in [2.24, 2.45) is 7.05 Å². The van der Waals surface area contributed by atoms with E-state index in [1.54, 1.807) is 37.0 Å². The van der Waals surface area contributed by atoms with Crippen LogP contribution in [0.15, 0.2) is 36.5 Å². The molecule has 0 spiro atoms. The quantitative estimate of drug-likeness (QED) is 0.465. The fraction of sp³-hybridized carbons (Fsp3) is 0.238. The summed E-state index contributed by atoms with van der Waals surface area (Å²) in [6.07, 6.45) is -2.36. The van der Waals surface area contributed by atoms with E-state index >= 15 is 0 Å². The van der Waals surface area contributed by atoms with Gasteiger partial charge in [0.1, 0.15) is 12.4 Å². The van der Waals surface area contributed by atoms with Crippen molar-refractivity contribution in [3.63, 3.8) is 0 Å². The van der Waals surface area contributed by atoms with Crippen LogP contribution in [0.25, 0.3) is 22.3 Å². The largest absolute Gasteiger partial charge is 0.405 e. The van der Waals surface area contributed by atoms with Crippen LogP contribution in [0.3, 0.4) is 0 Å². The van der Waals surface area contributed by atoms with Gasteiger partial charge in [-0.15, -0.1) is 0 Å². The minimum Gasteiger partial charge on any atom is -0.343 e. The lowest BCUT2D eigenvalue weighted by atomic mass is 10.0. The molecule has 0 saturated heterocycles. The molecule has 0 aliphatic heterocycles. The predicted molar refractivity (Wildman–Crippen MR) is 113 cm³/mol. The average molecular weight is 463 g/mol. The zero-order chi connectivity index (χ0) is 23.0. The lowest BCUT2D eigenvalue weighted by molar-refractivity contribution is -0.123. The maximum Gasteiger partial charge on any atom is 0.405 e. The van der Waals surface area contributed by atoms with Crippen LogP contribution in [-0.4, -0.2) is 43.6 Å². The van der Waals surface area contributed by atoms with E-state index in [-0.39, 0.29) is 5.56 Å². The van der Waals surface area contributed by atoms with Gasteiger partial charge in [-0.3, -0.25) is 14.6 Å². The molecule has 0 bridgehead atoms. The molecule has 2 heterocycles. The van der Waals surface area contributed by atoms with Crippen LogP contribution in [-0.2, 0) is 13.5 Å². The van der Waals surface area contributed by atoms with E-state index in [0.717, 1.165) is 16.5 Å². The molecule has 2 N–H and O–H groups in total. The molecular weight excluding hydrogens is 445 g/mol. The summed E-state index contributed by atoms with van der Waals surface area (Å²) in [5.74, 6) is 0.327. The van der Waals surface area contributed by atoms with E-state index in [9.17, 15) is 18.0 Å². The number of aromatic amines is 1. The third-order valence-corrected chi connectivity index (χ3v) is 5.47. The van der Waals surface area contributed by atoms with Gasteiger partial charge in [-0.2, -0.15) is 23.4 Å². The highest BCUT2D eigenvalue weighted by Crippen LogP contribution is 2.28. The molecule has 4 aromatic rings. The SMILES string of the molecule is Cc1cc(-c2nc(Cc3ccc4[nH]ncc4c3Cl)n(C)n2)ccc1C(=O)NCC(F)(F)F. The van der Waals surface area contributed by atoms with Gasteiger partial charge in [-0.05, 0) is 36.2 Å². The third-order valence-electron chi connectivity index (χ3n) is 5.02. The maximum absolute atomic E-state index is 12.4. The Labute approximate surface area is 185 Å². The number of benzene rings is 2. The van der Waals surface area contributed by atoms with Gasteiger partial charge >= 0.3 is 6.18 Å². The fourth-order valence-corrected chi connectivity index (χ4v) is 3.64. The topological polar surface area (TPSA) is 88.5 Å². The summed E-state index contributed by atoms with van der Waals surface area (Å²) in [7, 11) is 1.77. The number of aromatic nitrogens is 5. The molecule has 2 aromatic carbocycles. The normalized spacial score (nSPS) is 11.8. The van der Waals surface area contributed by atoms with Crippen molar-refractivity contribution < 1.29 is 18.0 Å². The molecule has 1 amide bonds. The summed E-state index contributed by atoms with van der Waals surface area (Å²) in [5, 5.41) is 14.6. The number of alkyl halides is 3. The van der Waals surface area contributed by atoms with Crippen molar-refractivity contribution in [3.8, 4) is 11.4 Å². The first kappa shape index (κ1) is 21.8. The van der Waals surface area contributed by atoms with Gasteiger partial charge < -0.3 is 5.32 Å². The number of aryl methyl sites for hydroxylation is 2. The van der Waals surface area contributed by atoms with Gasteiger partial charge in [-0.25, -0.2) is 4.98 Å². The summed E-state index contributed by atoms with van der Waals surface area (Å²) in [6.45, 7) is 0.265. The molecule has 2 aromatic heterocycles. The maximum atomic E-state index is 12.4. The number of halogens is 4. The van der Waals surface area contributed by atoms with E-state index in [4.69, 9.17) is 11.6 Å². The molecule has 11 heteroatoms. The highest BCUT2D eigenvalue weighted by atomic mass is 35.5. The summed E-state index contributed by atoms with van der Waals surface area (Å²) in [6, 6.07) is 8.55. The molecule has 0 fully saturated rings. The van der Waals surface area contributed by atoms with Crippen LogP contribution >= 0.6 is 11.6 Å². The monoisotopic (exact) mass is 462 g/mol. The summed E-state index contributed by atoms with van der Waals surface area (Å²) >= 11 is 6.50. The molecule has 32 heavy (non-hydrogen) atoms. The first-order valence-electron chi connectivity index (χ1n) is 9.59. The Hall–Kier alpha value is -3.40. The van der Waals surface area contributed by atoms with E-state index in [1.165, 1.54) is 6.07 Å². The number of carbonyl (C=O) groups is 1. The molecule has 0 unspecified atom stereocenters. The molecule has 0 saturated carbocycles. The molecule has 0 aliphatic rings. The van der Waals surface area contributed by atoms with E-state index in [1.807, 2.05) is 17.4 Å². The number of fused-ring (bicyclic) bond motifs is 1. The molecule has 4 rings (SSSR count). The zero-order valence-corrected chi connectivity index (χ0v) is 17.8. The standard InChI is InChI=1S/C21H18ClF3N6O/c1-11-7-13(3-5-14(11)20(32)26-10-21(23,24)25)19-28-17(31(2)30-19)8-12-4-6-16-15(18(12)22)9-27-29-16/h3-7,9H,8,10H2,1-2H3,(H,26,32)(H,27,29). The molecule has 166 valence electrons. The predicted octanol–water partition coefficient (Wildman–Crippen LogP) is 4.20. The first-order valence-corrected chi connectivity index (χ1v) is 9.96. The lowest BCUT2D eigenvalue weighted by Crippen LogP contribution is -2.34. The zero-order valence-electron chi connectivity index (χ0n) is 17.1. The van der Waals surface area contributed by atoms with Crippen LogP contribution in [0.1, 0.15) is 27.3 Å². The number of carbonyl (C=O) groups excluding carboxylic acids is 1. The Bertz CT molecular complexity index is 1310. The van der Waals surface area contributed by atoms with Crippen molar-refractivity contribution in [3.05, 3.63) is 64.1 Å². The van der Waals surface area contributed by atoms with Crippen molar-refractivity contribution in [2.75, 3.05) is 6.54 Å². The Morgan fingerprint density at radius 1 is 1.25 bits per heavy atom. The minimum absolute atomic E-state index is 0.161. The number of hydrogen-bond acceptors (Lipinski definition) is 4. The number of nitrogens with zero attached hydrogens (tertiary/aromatic N) is 4. The molecule has 0 atom stereocenters. The molecular formula is C21H18ClF3N6O. The summed E-state index contributed by atoms with van der Waals surface area (Å²) < 4.78 is 38.7. The number of hydrogen-bond donors (Lipinski definition) is 2. The van der Waals surface area contributed by atoms with Crippen molar-refractivity contribution >= 4 is 28.4 Å². The Balaban J connectivity index is 1.56. The van der Waals surface area contributed by atoms with E-state index in [2.05, 4.69) is 20.3 Å². The molecule has 0 radical (unpaired) electrons. The van der Waals surface area contributed by atoms with Crippen LogP contribution < -0.4 is 5.32 Å². The summed E-state index contributed by atoms with van der Waals surface area (Å²) in [5.41, 5.74) is 3.04. The van der Waals surface area contributed by atoms with E-state index < -0.39 is 18.6 Å². The first-order chi connectivity index (χ1) is 15.1. The van der Waals surface area contributed by atoms with Gasteiger partial charge in [0.25, 0.3) is 5.91 Å². The van der Waals surface area contributed by atoms with Gasteiger partial charge in [0, 0.05) is 30.0 Å². The number of rotatable bonds is 5. The molecule has 7 nitrogen and oxygen atoms in total. The highest BCUT2D eigenvalue weighted by molar-refractivity contribution is 6.36. The van der Waals surface area contributed by atoms with Crippen LogP contribution in [0.5, 0.6) is 0 Å². The van der Waals surface area contributed by atoms with Crippen molar-refractivity contribution in [1.29, 1.82) is 0 Å². The third kappa shape index (κ3) is 4.45. The number of nitrogens with one attached hydrogen (secondary N) is 2. The Morgan fingerprint density at radius 2 is 2.03 bits per heavy atom. The number of H-pyrrole nitrogens is 1. The second-order valence-corrected chi connectivity index (χ2v) is 7.73. The lowest BCUT2D eigenvalue weighted by Gasteiger charge is -2.10. The van der Waals surface area contributed by atoms with Crippen LogP contribution in [0.4, 0.5) is 13.2 Å². The molecule has 0 aliphatic carbocycles. The minimum atomic E-state index is -4.47. The van der Waals surface area contributed by atoms with Gasteiger partial charge in [0.2, 0.25) is 0 Å². The Morgan fingerprint density at radius 3 is 2.75 bits per heavy atom. The smallest absolute Gasteiger partial charge is 0.343 e. The van der Waals surface area contributed by atoms with Crippen molar-refractivity contribution in [1.82, 2.24) is 30.3 Å². The van der Waals surface area contributed by atoms with Gasteiger partial charge in [0.05, 0.1) is 16.7 Å². The van der Waals surface area contributed by atoms with Gasteiger partial charge in [0.15, 0.2) is 5.82 Å². The second kappa shape index (κ2) is 8.27. The van der Waals surface area contributed by atoms with Crippen LogP contribution in [0.2, 0.25) is 5.02 Å². The Kier molecular flexibility index (Phi) is 5.64. The highest BCUT2D eigenvalue weighted by Gasteiger charge is 2.28.